The summed E-state index contributed by atoms with van der Waals surface area (Å²) in [4.78, 5) is 31.2. The van der Waals surface area contributed by atoms with Gasteiger partial charge in [0.2, 0.25) is 0 Å². The molecule has 0 bridgehead atoms. The molecule has 0 N–H and O–H groups in total. The van der Waals surface area contributed by atoms with Gasteiger partial charge in [-0.2, -0.15) is 0 Å². The van der Waals surface area contributed by atoms with Crippen LogP contribution in [0.3, 0.4) is 0 Å². The van der Waals surface area contributed by atoms with Crippen molar-refractivity contribution in [3.8, 4) is 123 Å². The van der Waals surface area contributed by atoms with Crippen LogP contribution in [0.4, 0.5) is 0 Å². The van der Waals surface area contributed by atoms with Crippen molar-refractivity contribution in [2.24, 2.45) is 0 Å². The Morgan fingerprint density at radius 3 is 1.00 bits per heavy atom. The Morgan fingerprint density at radius 1 is 0.158 bits per heavy atom. The largest absolute Gasteiger partial charge is 0.256 e. The van der Waals surface area contributed by atoms with Gasteiger partial charge in [-0.05, 0) is 172 Å². The second-order valence-electron chi connectivity index (χ2n) is 33.6. The summed E-state index contributed by atoms with van der Waals surface area (Å²) >= 11 is 5.58. The number of fused-ring (bicyclic) bond motifs is 16. The molecule has 0 atom stereocenters. The number of para-hydroxylation sites is 1. The summed E-state index contributed by atoms with van der Waals surface area (Å²) in [6, 6.07) is 162. The monoisotopic (exact) mass is 1740 g/mol. The van der Waals surface area contributed by atoms with E-state index in [1.54, 1.807) is 0 Å². The highest BCUT2D eigenvalue weighted by Gasteiger charge is 2.24. The van der Waals surface area contributed by atoms with Gasteiger partial charge in [-0.3, -0.25) is 4.98 Å². The van der Waals surface area contributed by atoms with E-state index in [1.165, 1.54) is 143 Å². The molecule has 0 amide bonds. The smallest absolute Gasteiger partial charge is 0.0973 e. The van der Waals surface area contributed by atoms with Crippen LogP contribution in [0, 0.1) is 0 Å². The zero-order chi connectivity index (χ0) is 87.8. The summed E-state index contributed by atoms with van der Waals surface area (Å²) in [5.41, 5.74) is 28.5. The van der Waals surface area contributed by atoms with Gasteiger partial charge in [-0.1, -0.05) is 376 Å². The van der Waals surface area contributed by atoms with Gasteiger partial charge in [0.05, 0.1) is 61.7 Å². The number of nitrogens with zero attached hydrogens (tertiary/aromatic N) is 6. The number of rotatable bonds is 11. The third-order valence-corrected chi connectivity index (χ3v) is 29.3. The molecule has 0 saturated heterocycles. The average Bonchev–Trinajstić information content (AvgIpc) is 1.74. The van der Waals surface area contributed by atoms with Crippen LogP contribution in [-0.2, 0) is 0 Å². The van der Waals surface area contributed by atoms with E-state index >= 15 is 0 Å². The van der Waals surface area contributed by atoms with Crippen LogP contribution in [0.2, 0.25) is 0 Å². The molecule has 0 aliphatic rings. The molecule has 620 valence electrons. The minimum Gasteiger partial charge on any atom is -0.256 e. The van der Waals surface area contributed by atoms with Gasteiger partial charge >= 0.3 is 0 Å². The number of hydrogen-bond acceptors (Lipinski definition) is 9. The fraction of sp³-hybridized carbons (Fsp3) is 0. The highest BCUT2D eigenvalue weighted by atomic mass is 32.1. The van der Waals surface area contributed by atoms with Gasteiger partial charge in [0, 0.05) is 111 Å². The molecule has 27 rings (SSSR count). The van der Waals surface area contributed by atoms with E-state index < -0.39 is 0 Å². The highest BCUT2D eigenvalue weighted by molar-refractivity contribution is 7.26. The second-order valence-corrected chi connectivity index (χ2v) is 36.9. The lowest BCUT2D eigenvalue weighted by Crippen LogP contribution is -1.97. The molecular formula is C124H76N6S3. The van der Waals surface area contributed by atoms with Crippen molar-refractivity contribution >= 4 is 171 Å². The molecule has 7 aromatic heterocycles. The molecule has 6 nitrogen and oxygen atoms in total. The predicted molar refractivity (Wildman–Crippen MR) is 567 cm³/mol. The van der Waals surface area contributed by atoms with Gasteiger partial charge in [-0.15, -0.1) is 34.0 Å². The summed E-state index contributed by atoms with van der Waals surface area (Å²) in [6.45, 7) is 0. The number of thiophene rings is 3. The molecule has 20 aromatic carbocycles. The van der Waals surface area contributed by atoms with Gasteiger partial charge in [0.15, 0.2) is 0 Å². The number of aromatic nitrogens is 6. The van der Waals surface area contributed by atoms with Crippen LogP contribution < -0.4 is 0 Å². The van der Waals surface area contributed by atoms with Crippen molar-refractivity contribution in [3.05, 3.63) is 461 Å². The van der Waals surface area contributed by atoms with E-state index in [9.17, 15) is 0 Å². The summed E-state index contributed by atoms with van der Waals surface area (Å²) in [5, 5.41) is 18.7. The minimum atomic E-state index is 0.883. The van der Waals surface area contributed by atoms with Gasteiger partial charge < -0.3 is 0 Å². The molecule has 0 aliphatic carbocycles. The maximum Gasteiger partial charge on any atom is 0.0973 e. The molecule has 133 heavy (non-hydrogen) atoms. The van der Waals surface area contributed by atoms with E-state index in [0.29, 0.717) is 0 Å². The summed E-state index contributed by atoms with van der Waals surface area (Å²) in [6.07, 6.45) is 1.86. The van der Waals surface area contributed by atoms with Crippen molar-refractivity contribution in [1.29, 1.82) is 0 Å². The average molecular weight is 1750 g/mol. The van der Waals surface area contributed by atoms with Crippen molar-refractivity contribution in [1.82, 2.24) is 29.9 Å². The lowest BCUT2D eigenvalue weighted by Gasteiger charge is -2.16. The second kappa shape index (κ2) is 33.4. The number of benzene rings is 20. The standard InChI is InChI=1S/2C42H26N2S.C40H24N2S/c1-3-13-27(14-4-1)40-41(28-15-5-2-6-16-28)44-42-34(21-11-22-36(42)43-40)32-26-25-31(29-17-7-8-18-30(29)32)33-20-12-24-38-39(33)35-19-9-10-23-37(35)45-38;1-3-12-27(13-4-1)41-42(28-14-5-2-6-15-28)44-37-26-29(22-25-36(37)43-41)30-23-24-33(32-17-8-7-16-31(30)32)34-19-11-21-39-40(34)35-18-9-10-20-38(35)45-39;1-2-10-26-23-27(19-18-25(26)9-1)40-33-15-8-22-41-35(33)24-36(42-40)31-21-20-30(28-11-3-4-12-29(28)31)32-14-7-17-38-39(32)34-13-5-6-16-37(34)43-38/h2*1-26H;1-24H. The quantitative estimate of drug-likeness (QED) is 0.128. The molecule has 0 spiro atoms. The first-order chi connectivity index (χ1) is 66.0. The zero-order valence-corrected chi connectivity index (χ0v) is 74.2. The van der Waals surface area contributed by atoms with Crippen molar-refractivity contribution < 1.29 is 0 Å². The topological polar surface area (TPSA) is 77.3 Å². The Bertz CT molecular complexity index is 9240. The molecule has 0 unspecified atom stereocenters. The van der Waals surface area contributed by atoms with Crippen LogP contribution in [-0.4, -0.2) is 29.9 Å². The summed E-state index contributed by atoms with van der Waals surface area (Å²) < 4.78 is 7.91. The fourth-order valence-electron chi connectivity index (χ4n) is 19.8. The number of hydrogen-bond donors (Lipinski definition) is 0. The Hall–Kier alpha value is -16.7. The SMILES string of the molecule is c1ccc(-c2nc3ccc(-c4ccc(-c5cccc6sc7ccccc7c56)c5ccccc45)cc3nc2-c2ccccc2)cc1.c1ccc(-c2nc3cccc(-c4ccc(-c5cccc6sc7ccccc7c56)c5ccccc45)c3nc2-c2ccccc2)cc1.c1ccc2cc(-c3nc(-c4ccc(-c5cccc6sc7ccccc7c56)c5ccccc45)cc4ncccc34)ccc2c1. The lowest BCUT2D eigenvalue weighted by molar-refractivity contribution is 1.29. The molecule has 27 aromatic rings. The first kappa shape index (κ1) is 78.6. The normalized spacial score (nSPS) is 11.6. The maximum absolute atomic E-state index is 5.39. The van der Waals surface area contributed by atoms with Gasteiger partial charge in [-0.25, -0.2) is 24.9 Å². The van der Waals surface area contributed by atoms with Crippen molar-refractivity contribution in [2.75, 3.05) is 0 Å². The van der Waals surface area contributed by atoms with Crippen LogP contribution in [0.25, 0.3) is 260 Å². The van der Waals surface area contributed by atoms with Crippen LogP contribution >= 0.6 is 34.0 Å². The molecule has 0 radical (unpaired) electrons. The first-order valence-corrected chi connectivity index (χ1v) is 47.3. The summed E-state index contributed by atoms with van der Waals surface area (Å²) in [5.74, 6) is 0. The summed E-state index contributed by atoms with van der Waals surface area (Å²) in [7, 11) is 0. The minimum absolute atomic E-state index is 0.883. The van der Waals surface area contributed by atoms with Gasteiger partial charge in [0.25, 0.3) is 0 Å². The van der Waals surface area contributed by atoms with Crippen LogP contribution in [0.5, 0.6) is 0 Å². The molecule has 9 heteroatoms. The van der Waals surface area contributed by atoms with Crippen LogP contribution in [0.1, 0.15) is 0 Å². The van der Waals surface area contributed by atoms with E-state index in [2.05, 4.69) is 425 Å². The Morgan fingerprint density at radius 2 is 0.511 bits per heavy atom. The first-order valence-electron chi connectivity index (χ1n) is 44.8. The van der Waals surface area contributed by atoms with E-state index in [1.807, 2.05) is 70.5 Å². The number of pyridine rings is 2. The molecule has 7 heterocycles. The van der Waals surface area contributed by atoms with Gasteiger partial charge in [0.1, 0.15) is 0 Å². The van der Waals surface area contributed by atoms with Crippen molar-refractivity contribution in [3.63, 3.8) is 0 Å². The van der Waals surface area contributed by atoms with E-state index in [0.717, 1.165) is 117 Å². The lowest BCUT2D eigenvalue weighted by atomic mass is 9.90. The van der Waals surface area contributed by atoms with E-state index in [-0.39, 0.29) is 0 Å². The highest BCUT2D eigenvalue weighted by Crippen LogP contribution is 2.50. The predicted octanol–water partition coefficient (Wildman–Crippen LogP) is 34.9. The van der Waals surface area contributed by atoms with Crippen LogP contribution in [0.15, 0.2) is 461 Å². The molecule has 0 fully saturated rings. The Balaban J connectivity index is 0.000000107. The fourth-order valence-corrected chi connectivity index (χ4v) is 23.2. The maximum atomic E-state index is 5.39. The Labute approximate surface area is 778 Å². The van der Waals surface area contributed by atoms with Crippen molar-refractivity contribution in [2.45, 2.75) is 0 Å². The molecular weight excluding hydrogens is 1670 g/mol. The molecule has 0 saturated carbocycles. The third-order valence-electron chi connectivity index (χ3n) is 25.9. The molecule has 0 aliphatic heterocycles. The third kappa shape index (κ3) is 14.1. The zero-order valence-electron chi connectivity index (χ0n) is 71.8. The Kier molecular flexibility index (Phi) is 19.8. The van der Waals surface area contributed by atoms with E-state index in [4.69, 9.17) is 29.9 Å².